The summed E-state index contributed by atoms with van der Waals surface area (Å²) >= 11 is 0. The summed E-state index contributed by atoms with van der Waals surface area (Å²) in [6.45, 7) is 15.9. The molecule has 1 N–H and O–H groups in total. The van der Waals surface area contributed by atoms with Gasteiger partial charge in [-0.15, -0.1) is 34.9 Å². The van der Waals surface area contributed by atoms with Crippen LogP contribution in [0.2, 0.25) is 0 Å². The van der Waals surface area contributed by atoms with Crippen molar-refractivity contribution in [3.63, 3.8) is 0 Å². The van der Waals surface area contributed by atoms with E-state index in [-0.39, 0.29) is 31.6 Å². The summed E-state index contributed by atoms with van der Waals surface area (Å²) < 4.78 is 0. The van der Waals surface area contributed by atoms with Crippen LogP contribution in [0.5, 0.6) is 0 Å². The number of nitrogens with zero attached hydrogens (tertiary/aromatic N) is 1. The van der Waals surface area contributed by atoms with Gasteiger partial charge in [0, 0.05) is 26.2 Å². The molecule has 31 heavy (non-hydrogen) atoms. The number of aromatic nitrogens is 1. The Bertz CT molecular complexity index is 1090. The molecule has 3 rings (SSSR count). The van der Waals surface area contributed by atoms with E-state index in [9.17, 15) is 4.79 Å². The van der Waals surface area contributed by atoms with Crippen molar-refractivity contribution in [1.82, 2.24) is 4.98 Å². The number of aliphatic hydroxyl groups is 1. The smallest absolute Gasteiger partial charge is 0.155 e. The van der Waals surface area contributed by atoms with Crippen LogP contribution in [-0.4, -0.2) is 15.9 Å². The number of aliphatic hydroxyl groups excluding tert-OH is 1. The Morgan fingerprint density at radius 1 is 1.00 bits per heavy atom. The van der Waals surface area contributed by atoms with Crippen molar-refractivity contribution in [2.75, 3.05) is 0 Å². The molecule has 0 aliphatic carbocycles. The SMILES string of the molecule is CC(=O)/C=C(/C)O.Cc1[c-]c(-c2nc3cc(C)c(C)cc3cc2C(C)C)cc(C)c1.[Ir]. The fourth-order valence-corrected chi connectivity index (χ4v) is 3.43. The van der Waals surface area contributed by atoms with Crippen molar-refractivity contribution in [3.8, 4) is 11.3 Å². The van der Waals surface area contributed by atoms with E-state index in [2.05, 4.69) is 77.9 Å². The molecular formula is C27H32IrNO2-. The van der Waals surface area contributed by atoms with Gasteiger partial charge in [-0.1, -0.05) is 39.3 Å². The minimum atomic E-state index is -0.125. The zero-order chi connectivity index (χ0) is 22.6. The molecule has 1 heterocycles. The topological polar surface area (TPSA) is 50.2 Å². The molecule has 2 aromatic carbocycles. The van der Waals surface area contributed by atoms with E-state index in [0.29, 0.717) is 5.92 Å². The van der Waals surface area contributed by atoms with Crippen LogP contribution in [0.1, 0.15) is 61.4 Å². The standard InChI is InChI=1S/C22H24N.C5H8O2.Ir/c1-13(2)20-12-18-10-16(5)17(6)11-21(18)23-22(20)19-8-14(3)7-15(4)9-19;1-4(6)3-5(2)7;/h7-8,10-13H,1-6H3;3,6H,1-2H3;/q-1;;/b;4-3-;. The number of allylic oxidation sites excluding steroid dienone is 2. The quantitative estimate of drug-likeness (QED) is 0.200. The van der Waals surface area contributed by atoms with Gasteiger partial charge in [0.05, 0.1) is 11.3 Å². The van der Waals surface area contributed by atoms with Gasteiger partial charge < -0.3 is 5.11 Å². The molecule has 3 aromatic rings. The molecule has 1 radical (unpaired) electrons. The van der Waals surface area contributed by atoms with Gasteiger partial charge in [-0.2, -0.15) is 0 Å². The maximum atomic E-state index is 10.0. The van der Waals surface area contributed by atoms with Crippen molar-refractivity contribution in [2.24, 2.45) is 0 Å². The van der Waals surface area contributed by atoms with Crippen molar-refractivity contribution in [3.05, 3.63) is 76.1 Å². The molecule has 1 aromatic heterocycles. The molecule has 0 spiro atoms. The molecule has 0 aliphatic rings. The molecule has 0 unspecified atom stereocenters. The first-order valence-corrected chi connectivity index (χ1v) is 10.3. The molecule has 0 bridgehead atoms. The number of carbonyl (C=O) groups excluding carboxylic acids is 1. The summed E-state index contributed by atoms with van der Waals surface area (Å²) in [5.74, 6) is 0.366. The number of hydrogen-bond acceptors (Lipinski definition) is 3. The fourth-order valence-electron chi connectivity index (χ4n) is 3.43. The summed E-state index contributed by atoms with van der Waals surface area (Å²) in [6, 6.07) is 14.6. The van der Waals surface area contributed by atoms with Crippen LogP contribution >= 0.6 is 0 Å². The van der Waals surface area contributed by atoms with Crippen LogP contribution in [0, 0.1) is 33.8 Å². The Morgan fingerprint density at radius 2 is 1.61 bits per heavy atom. The van der Waals surface area contributed by atoms with Gasteiger partial charge in [-0.25, -0.2) is 0 Å². The number of ketones is 1. The fraction of sp³-hybridized carbons (Fsp3) is 0.333. The van der Waals surface area contributed by atoms with E-state index in [0.717, 1.165) is 22.3 Å². The first-order valence-electron chi connectivity index (χ1n) is 10.3. The zero-order valence-corrected chi connectivity index (χ0v) is 22.1. The molecule has 0 saturated heterocycles. The Kier molecular flexibility index (Phi) is 9.80. The van der Waals surface area contributed by atoms with Crippen LogP contribution in [0.15, 0.2) is 42.2 Å². The van der Waals surface area contributed by atoms with Gasteiger partial charge in [0.25, 0.3) is 0 Å². The molecule has 0 atom stereocenters. The van der Waals surface area contributed by atoms with Gasteiger partial charge in [-0.3, -0.25) is 9.78 Å². The van der Waals surface area contributed by atoms with E-state index >= 15 is 0 Å². The number of hydrogen-bond donors (Lipinski definition) is 1. The third kappa shape index (κ3) is 7.41. The Labute approximate surface area is 200 Å². The Morgan fingerprint density at radius 3 is 2.10 bits per heavy atom. The summed E-state index contributed by atoms with van der Waals surface area (Å²) in [6.07, 6.45) is 1.17. The summed E-state index contributed by atoms with van der Waals surface area (Å²) in [5, 5.41) is 9.59. The van der Waals surface area contributed by atoms with E-state index in [1.165, 1.54) is 47.6 Å². The molecule has 0 saturated carbocycles. The number of fused-ring (bicyclic) bond motifs is 1. The predicted octanol–water partition coefficient (Wildman–Crippen LogP) is 7.09. The van der Waals surface area contributed by atoms with Crippen LogP contribution in [0.25, 0.3) is 22.2 Å². The summed E-state index contributed by atoms with van der Waals surface area (Å²) in [5.41, 5.74) is 9.57. The van der Waals surface area contributed by atoms with Crippen molar-refractivity contribution in [1.29, 1.82) is 0 Å². The second-order valence-electron chi connectivity index (χ2n) is 8.36. The first-order chi connectivity index (χ1) is 14.0. The number of benzene rings is 2. The normalized spacial score (nSPS) is 11.1. The van der Waals surface area contributed by atoms with Gasteiger partial charge in [0.15, 0.2) is 5.78 Å². The second kappa shape index (κ2) is 11.4. The monoisotopic (exact) mass is 595 g/mol. The molecule has 4 heteroatoms. The van der Waals surface area contributed by atoms with Gasteiger partial charge >= 0.3 is 0 Å². The van der Waals surface area contributed by atoms with E-state index in [1.54, 1.807) is 0 Å². The number of carbonyl (C=O) groups is 1. The number of aryl methyl sites for hydroxylation is 4. The maximum absolute atomic E-state index is 10.0. The number of rotatable bonds is 3. The van der Waals surface area contributed by atoms with Crippen LogP contribution < -0.4 is 0 Å². The van der Waals surface area contributed by atoms with E-state index in [4.69, 9.17) is 10.1 Å². The van der Waals surface area contributed by atoms with Gasteiger partial charge in [-0.05, 0) is 68.0 Å². The van der Waals surface area contributed by atoms with Crippen molar-refractivity contribution in [2.45, 2.75) is 61.3 Å². The van der Waals surface area contributed by atoms with Gasteiger partial charge in [0.2, 0.25) is 0 Å². The molecule has 3 nitrogen and oxygen atoms in total. The van der Waals surface area contributed by atoms with Crippen molar-refractivity contribution >= 4 is 16.7 Å². The molecular weight excluding hydrogens is 563 g/mol. The first kappa shape index (κ1) is 26.7. The largest absolute Gasteiger partial charge is 0.512 e. The van der Waals surface area contributed by atoms with Crippen LogP contribution in [0.3, 0.4) is 0 Å². The van der Waals surface area contributed by atoms with Crippen LogP contribution in [0.4, 0.5) is 0 Å². The second-order valence-corrected chi connectivity index (χ2v) is 8.36. The number of pyridine rings is 1. The average molecular weight is 595 g/mol. The van der Waals surface area contributed by atoms with Crippen LogP contribution in [-0.2, 0) is 24.9 Å². The minimum absolute atomic E-state index is 0. The third-order valence-electron chi connectivity index (χ3n) is 4.90. The van der Waals surface area contributed by atoms with Crippen molar-refractivity contribution < 1.29 is 30.0 Å². The molecule has 0 aliphatic heterocycles. The Hall–Kier alpha value is -2.29. The predicted molar refractivity (Wildman–Crippen MR) is 126 cm³/mol. The van der Waals surface area contributed by atoms with Gasteiger partial charge in [0.1, 0.15) is 0 Å². The van der Waals surface area contributed by atoms with E-state index < -0.39 is 0 Å². The minimum Gasteiger partial charge on any atom is -0.512 e. The van der Waals surface area contributed by atoms with E-state index in [1.807, 2.05) is 0 Å². The molecule has 0 amide bonds. The summed E-state index contributed by atoms with van der Waals surface area (Å²) in [7, 11) is 0. The average Bonchev–Trinajstić information content (AvgIpc) is 2.60. The zero-order valence-electron chi connectivity index (χ0n) is 19.7. The molecule has 0 fully saturated rings. The maximum Gasteiger partial charge on any atom is 0.155 e. The molecule has 167 valence electrons. The Balaban J connectivity index is 0.000000523. The third-order valence-corrected chi connectivity index (χ3v) is 4.90. The summed E-state index contributed by atoms with van der Waals surface area (Å²) in [4.78, 5) is 15.0.